The predicted octanol–water partition coefficient (Wildman–Crippen LogP) is -0.693. The first kappa shape index (κ1) is 4.03. The highest BCUT2D eigenvalue weighted by molar-refractivity contribution is 4.89. The Hall–Kier alpha value is -0.900. The van der Waals surface area contributed by atoms with Crippen LogP contribution in [0.4, 0.5) is 0 Å². The van der Waals surface area contributed by atoms with Crippen LogP contribution in [0.25, 0.3) is 0 Å². The summed E-state index contributed by atoms with van der Waals surface area (Å²) < 4.78 is 8.41. The largest absolute Gasteiger partial charge is 0.390 e. The van der Waals surface area contributed by atoms with Gasteiger partial charge in [0.1, 0.15) is 0 Å². The quantitative estimate of drug-likeness (QED) is 0.525. The lowest BCUT2D eigenvalue weighted by Gasteiger charge is -1.89. The van der Waals surface area contributed by atoms with Crippen molar-refractivity contribution in [3.63, 3.8) is 0 Å². The van der Waals surface area contributed by atoms with Crippen molar-refractivity contribution in [2.45, 2.75) is 6.61 Å². The SMILES string of the molecule is [2H]c1nnn(C)c1CO. The zero-order valence-electron chi connectivity index (χ0n) is 5.50. The third-order valence-electron chi connectivity index (χ3n) is 0.898. The molecule has 0 bridgehead atoms. The average molecular weight is 114 g/mol. The van der Waals surface area contributed by atoms with Crippen molar-refractivity contribution in [3.05, 3.63) is 11.9 Å². The minimum atomic E-state index is -0.178. The van der Waals surface area contributed by atoms with Gasteiger partial charge in [0.2, 0.25) is 0 Å². The van der Waals surface area contributed by atoms with E-state index in [0.29, 0.717) is 5.69 Å². The van der Waals surface area contributed by atoms with Gasteiger partial charge in [0.25, 0.3) is 0 Å². The lowest BCUT2D eigenvalue weighted by molar-refractivity contribution is 0.270. The fourth-order valence-corrected chi connectivity index (χ4v) is 0.411. The summed E-state index contributed by atoms with van der Waals surface area (Å²) in [6, 6.07) is 0. The molecule has 0 unspecified atom stereocenters. The van der Waals surface area contributed by atoms with Crippen molar-refractivity contribution in [2.75, 3.05) is 0 Å². The van der Waals surface area contributed by atoms with E-state index in [4.69, 9.17) is 6.48 Å². The summed E-state index contributed by atoms with van der Waals surface area (Å²) >= 11 is 0. The maximum atomic E-state index is 8.57. The highest BCUT2D eigenvalue weighted by Gasteiger charge is 1.93. The van der Waals surface area contributed by atoms with E-state index in [0.717, 1.165) is 0 Å². The van der Waals surface area contributed by atoms with E-state index in [1.54, 1.807) is 7.05 Å². The van der Waals surface area contributed by atoms with Gasteiger partial charge in [0, 0.05) is 7.05 Å². The van der Waals surface area contributed by atoms with Crippen molar-refractivity contribution >= 4 is 0 Å². The van der Waals surface area contributed by atoms with Crippen molar-refractivity contribution in [1.29, 1.82) is 0 Å². The van der Waals surface area contributed by atoms with E-state index in [9.17, 15) is 0 Å². The van der Waals surface area contributed by atoms with Gasteiger partial charge < -0.3 is 5.11 Å². The van der Waals surface area contributed by atoms with Crippen molar-refractivity contribution < 1.29 is 6.48 Å². The highest BCUT2D eigenvalue weighted by Crippen LogP contribution is 1.89. The zero-order chi connectivity index (χ0) is 6.85. The molecular weight excluding hydrogens is 106 g/mol. The van der Waals surface area contributed by atoms with Gasteiger partial charge in [-0.05, 0) is 0 Å². The van der Waals surface area contributed by atoms with Gasteiger partial charge in [-0.1, -0.05) is 5.21 Å². The average Bonchev–Trinajstić information content (AvgIpc) is 2.12. The molecule has 0 aromatic carbocycles. The van der Waals surface area contributed by atoms with Crippen LogP contribution in [-0.2, 0) is 13.7 Å². The second-order valence-corrected chi connectivity index (χ2v) is 1.43. The van der Waals surface area contributed by atoms with Crippen LogP contribution >= 0.6 is 0 Å². The molecule has 1 N–H and O–H groups in total. The van der Waals surface area contributed by atoms with Crippen LogP contribution in [0.2, 0.25) is 0 Å². The molecule has 0 amide bonds. The summed E-state index contributed by atoms with van der Waals surface area (Å²) in [6.07, 6.45) is 0.0417. The Morgan fingerprint density at radius 1 is 2.12 bits per heavy atom. The molecule has 1 rings (SSSR count). The topological polar surface area (TPSA) is 50.9 Å². The van der Waals surface area contributed by atoms with E-state index in [-0.39, 0.29) is 12.8 Å². The molecule has 0 aliphatic rings. The number of aromatic nitrogens is 3. The molecule has 0 aliphatic carbocycles. The summed E-state index contributed by atoms with van der Waals surface area (Å²) in [4.78, 5) is 0. The van der Waals surface area contributed by atoms with Crippen LogP contribution in [0.1, 0.15) is 7.06 Å². The van der Waals surface area contributed by atoms with E-state index < -0.39 is 0 Å². The standard InChI is InChI=1S/C4H7N3O/c1-7-4(3-8)2-5-6-7/h2,8H,3H2,1H3/i2D. The minimum absolute atomic E-state index is 0.0417. The maximum Gasteiger partial charge on any atom is 0.0881 e. The van der Waals surface area contributed by atoms with Crippen LogP contribution < -0.4 is 0 Å². The first-order chi connectivity index (χ1) is 4.25. The van der Waals surface area contributed by atoms with E-state index in [1.165, 1.54) is 4.68 Å². The smallest absolute Gasteiger partial charge is 0.0881 e. The zero-order valence-corrected chi connectivity index (χ0v) is 4.50. The third-order valence-corrected chi connectivity index (χ3v) is 0.898. The number of aliphatic hydroxyl groups is 1. The minimum Gasteiger partial charge on any atom is -0.390 e. The first-order valence-electron chi connectivity index (χ1n) is 2.71. The molecule has 4 nitrogen and oxygen atoms in total. The molecule has 1 aromatic heterocycles. The molecule has 0 saturated carbocycles. The molecule has 1 heterocycles. The molecule has 0 aliphatic heterocycles. The van der Waals surface area contributed by atoms with Gasteiger partial charge in [-0.15, -0.1) is 5.10 Å². The second-order valence-electron chi connectivity index (χ2n) is 1.43. The third kappa shape index (κ3) is 0.696. The van der Waals surface area contributed by atoms with Gasteiger partial charge in [-0.3, -0.25) is 4.68 Å². The Balaban J connectivity index is 3.07. The Bertz CT molecular complexity index is 190. The number of hydrogen-bond acceptors (Lipinski definition) is 3. The fourth-order valence-electron chi connectivity index (χ4n) is 0.411. The van der Waals surface area contributed by atoms with Crippen molar-refractivity contribution in [1.82, 2.24) is 15.0 Å². The number of aliphatic hydroxyl groups excluding tert-OH is 1. The molecule has 0 radical (unpaired) electrons. The molecule has 0 fully saturated rings. The first-order valence-corrected chi connectivity index (χ1v) is 2.21. The summed E-state index contributed by atoms with van der Waals surface area (Å²) in [7, 11) is 1.64. The number of rotatable bonds is 1. The summed E-state index contributed by atoms with van der Waals surface area (Å²) in [5.74, 6) is 0. The monoisotopic (exact) mass is 114 g/mol. The molecule has 0 saturated heterocycles. The molecule has 4 heteroatoms. The molecule has 8 heavy (non-hydrogen) atoms. The Labute approximate surface area is 48.2 Å². The van der Waals surface area contributed by atoms with Crippen molar-refractivity contribution in [3.8, 4) is 0 Å². The molecule has 1 aromatic rings. The summed E-state index contributed by atoms with van der Waals surface area (Å²) in [6.45, 7) is -0.178. The predicted molar refractivity (Wildman–Crippen MR) is 26.9 cm³/mol. The molecule has 0 atom stereocenters. The maximum absolute atomic E-state index is 8.57. The van der Waals surface area contributed by atoms with Crippen LogP contribution in [-0.4, -0.2) is 20.1 Å². The van der Waals surface area contributed by atoms with Gasteiger partial charge in [0.05, 0.1) is 19.8 Å². The normalized spacial score (nSPS) is 11.5. The van der Waals surface area contributed by atoms with Crippen LogP contribution in [0, 0.1) is 0 Å². The summed E-state index contributed by atoms with van der Waals surface area (Å²) in [5, 5.41) is 15.5. The molecule has 0 spiro atoms. The van der Waals surface area contributed by atoms with Gasteiger partial charge in [-0.25, -0.2) is 0 Å². The van der Waals surface area contributed by atoms with Gasteiger partial charge in [0.15, 0.2) is 0 Å². The Kier molecular flexibility index (Phi) is 0.964. The lowest BCUT2D eigenvalue weighted by atomic mass is 10.5. The number of aryl methyl sites for hydroxylation is 1. The van der Waals surface area contributed by atoms with E-state index >= 15 is 0 Å². The number of hydrogen-bond donors (Lipinski definition) is 1. The van der Waals surface area contributed by atoms with E-state index in [1.807, 2.05) is 0 Å². The van der Waals surface area contributed by atoms with Crippen molar-refractivity contribution in [2.24, 2.45) is 7.05 Å². The lowest BCUT2D eigenvalue weighted by Crippen LogP contribution is -1.96. The van der Waals surface area contributed by atoms with E-state index in [2.05, 4.69) is 10.3 Å². The van der Waals surface area contributed by atoms with Crippen LogP contribution in [0.5, 0.6) is 0 Å². The van der Waals surface area contributed by atoms with Crippen LogP contribution in [0.15, 0.2) is 6.17 Å². The van der Waals surface area contributed by atoms with Gasteiger partial charge >= 0.3 is 0 Å². The highest BCUT2D eigenvalue weighted by atomic mass is 16.3. The Morgan fingerprint density at radius 3 is 3.12 bits per heavy atom. The fraction of sp³-hybridized carbons (Fsp3) is 0.500. The molecular formula is C4H7N3O. The van der Waals surface area contributed by atoms with Gasteiger partial charge in [-0.2, -0.15) is 0 Å². The Morgan fingerprint density at radius 2 is 2.88 bits per heavy atom. The van der Waals surface area contributed by atoms with Crippen LogP contribution in [0.3, 0.4) is 0 Å². The second kappa shape index (κ2) is 1.92. The number of nitrogens with zero attached hydrogens (tertiary/aromatic N) is 3. The summed E-state index contributed by atoms with van der Waals surface area (Å²) in [5.41, 5.74) is 0.440. The molecule has 44 valence electrons.